The summed E-state index contributed by atoms with van der Waals surface area (Å²) in [5, 5.41) is 14.1. The molecule has 1 fully saturated rings. The lowest BCUT2D eigenvalue weighted by Gasteiger charge is -2.27. The maximum Gasteiger partial charge on any atom is 0.346 e. The molecule has 2 rings (SSSR count). The lowest BCUT2D eigenvalue weighted by Crippen LogP contribution is -2.35. The number of nitrogens with one attached hydrogen (secondary N) is 1. The summed E-state index contributed by atoms with van der Waals surface area (Å²) in [5.74, 6) is -0.812. The van der Waals surface area contributed by atoms with Crippen molar-refractivity contribution in [1.29, 1.82) is 0 Å². The van der Waals surface area contributed by atoms with E-state index in [9.17, 15) is 4.79 Å². The predicted octanol–water partition coefficient (Wildman–Crippen LogP) is 1.79. The van der Waals surface area contributed by atoms with Crippen molar-refractivity contribution in [2.75, 3.05) is 6.54 Å². The zero-order valence-electron chi connectivity index (χ0n) is 7.33. The van der Waals surface area contributed by atoms with Gasteiger partial charge in [-0.1, -0.05) is 0 Å². The number of rotatable bonds is 2. The highest BCUT2D eigenvalue weighted by Crippen LogP contribution is 2.31. The molecule has 0 saturated carbocycles. The van der Waals surface area contributed by atoms with Crippen molar-refractivity contribution in [2.45, 2.75) is 19.4 Å². The molecular formula is C9H11NO2S. The normalized spacial score (nSPS) is 21.2. The van der Waals surface area contributed by atoms with Crippen molar-refractivity contribution in [3.05, 3.63) is 21.4 Å². The molecule has 1 saturated heterocycles. The first-order valence-corrected chi connectivity index (χ1v) is 5.13. The maximum absolute atomic E-state index is 10.8. The van der Waals surface area contributed by atoms with E-state index in [2.05, 4.69) is 5.32 Å². The van der Waals surface area contributed by atoms with E-state index >= 15 is 0 Å². The van der Waals surface area contributed by atoms with Crippen LogP contribution in [-0.2, 0) is 0 Å². The van der Waals surface area contributed by atoms with Gasteiger partial charge in [0.15, 0.2) is 0 Å². The highest BCUT2D eigenvalue weighted by molar-refractivity contribution is 7.12. The molecule has 70 valence electrons. The van der Waals surface area contributed by atoms with Crippen LogP contribution in [0.1, 0.15) is 33.3 Å². The molecule has 2 N–H and O–H groups in total. The fourth-order valence-electron chi connectivity index (χ4n) is 1.54. The van der Waals surface area contributed by atoms with Gasteiger partial charge in [0, 0.05) is 6.04 Å². The zero-order chi connectivity index (χ0) is 9.42. The van der Waals surface area contributed by atoms with Crippen molar-refractivity contribution in [3.63, 3.8) is 0 Å². The van der Waals surface area contributed by atoms with E-state index in [1.165, 1.54) is 11.3 Å². The van der Waals surface area contributed by atoms with Crippen LogP contribution in [0.5, 0.6) is 0 Å². The quantitative estimate of drug-likeness (QED) is 0.760. The summed E-state index contributed by atoms with van der Waals surface area (Å²) in [7, 11) is 0. The van der Waals surface area contributed by atoms with Crippen LogP contribution >= 0.6 is 11.3 Å². The van der Waals surface area contributed by atoms with Crippen LogP contribution in [0.4, 0.5) is 0 Å². The van der Waals surface area contributed by atoms with E-state index in [1.807, 2.05) is 12.3 Å². The summed E-state index contributed by atoms with van der Waals surface area (Å²) >= 11 is 1.32. The minimum atomic E-state index is -0.812. The molecule has 2 heterocycles. The monoisotopic (exact) mass is 197 g/mol. The lowest BCUT2D eigenvalue weighted by molar-refractivity contribution is 0.0701. The number of carboxylic acids is 1. The average Bonchev–Trinajstić information content (AvgIpc) is 2.29. The maximum atomic E-state index is 10.8. The van der Waals surface area contributed by atoms with Gasteiger partial charge < -0.3 is 10.4 Å². The van der Waals surface area contributed by atoms with Gasteiger partial charge in [-0.3, -0.25) is 0 Å². The van der Waals surface area contributed by atoms with E-state index in [1.54, 1.807) is 0 Å². The van der Waals surface area contributed by atoms with Gasteiger partial charge in [0.2, 0.25) is 0 Å². The third kappa shape index (κ3) is 1.36. The second-order valence-corrected chi connectivity index (χ2v) is 4.13. The summed E-state index contributed by atoms with van der Waals surface area (Å²) in [6.45, 7) is 2.93. The van der Waals surface area contributed by atoms with E-state index in [-0.39, 0.29) is 0 Å². The third-order valence-corrected chi connectivity index (χ3v) is 3.56. The van der Waals surface area contributed by atoms with Crippen LogP contribution in [-0.4, -0.2) is 17.6 Å². The lowest BCUT2D eigenvalue weighted by atomic mass is 9.97. The summed E-state index contributed by atoms with van der Waals surface area (Å²) in [4.78, 5) is 11.2. The summed E-state index contributed by atoms with van der Waals surface area (Å²) in [6, 6.07) is 0.393. The number of aromatic carboxylic acids is 1. The van der Waals surface area contributed by atoms with Crippen LogP contribution in [0.2, 0.25) is 0 Å². The van der Waals surface area contributed by atoms with Crippen LogP contribution < -0.4 is 5.32 Å². The first-order chi connectivity index (χ1) is 6.20. The van der Waals surface area contributed by atoms with E-state index in [0.717, 1.165) is 24.1 Å². The van der Waals surface area contributed by atoms with Gasteiger partial charge in [0.1, 0.15) is 4.88 Å². The number of carboxylic acid groups (broad SMARTS) is 1. The highest BCUT2D eigenvalue weighted by Gasteiger charge is 2.24. The number of carbonyl (C=O) groups is 1. The topological polar surface area (TPSA) is 49.3 Å². The smallest absolute Gasteiger partial charge is 0.346 e. The molecule has 1 aliphatic rings. The van der Waals surface area contributed by atoms with Crippen molar-refractivity contribution in [2.24, 2.45) is 0 Å². The van der Waals surface area contributed by atoms with Crippen molar-refractivity contribution < 1.29 is 9.90 Å². The van der Waals surface area contributed by atoms with Gasteiger partial charge in [-0.2, -0.15) is 0 Å². The Morgan fingerprint density at radius 2 is 2.46 bits per heavy atom. The molecular weight excluding hydrogens is 186 g/mol. The highest BCUT2D eigenvalue weighted by atomic mass is 32.1. The van der Waals surface area contributed by atoms with Crippen LogP contribution in [0.15, 0.2) is 5.38 Å². The van der Waals surface area contributed by atoms with Gasteiger partial charge in [-0.25, -0.2) is 4.79 Å². The van der Waals surface area contributed by atoms with Crippen LogP contribution in [0.3, 0.4) is 0 Å². The SMILES string of the molecule is Cc1c([C@H]2CCN2)csc1C(=O)O. The molecule has 0 bridgehead atoms. The Morgan fingerprint density at radius 3 is 2.85 bits per heavy atom. The largest absolute Gasteiger partial charge is 0.477 e. The van der Waals surface area contributed by atoms with E-state index in [0.29, 0.717) is 10.9 Å². The van der Waals surface area contributed by atoms with Gasteiger partial charge in [-0.05, 0) is 36.4 Å². The Balaban J connectivity index is 2.32. The van der Waals surface area contributed by atoms with E-state index < -0.39 is 5.97 Å². The minimum Gasteiger partial charge on any atom is -0.477 e. The second-order valence-electron chi connectivity index (χ2n) is 3.25. The number of hydrogen-bond acceptors (Lipinski definition) is 3. The number of hydrogen-bond donors (Lipinski definition) is 2. The first kappa shape index (κ1) is 8.72. The molecule has 1 aliphatic heterocycles. The van der Waals surface area contributed by atoms with Crippen molar-refractivity contribution in [1.82, 2.24) is 5.32 Å². The molecule has 0 radical (unpaired) electrons. The fourth-order valence-corrected chi connectivity index (χ4v) is 2.52. The average molecular weight is 197 g/mol. The van der Waals surface area contributed by atoms with Crippen molar-refractivity contribution >= 4 is 17.3 Å². The summed E-state index contributed by atoms with van der Waals surface area (Å²) < 4.78 is 0. The van der Waals surface area contributed by atoms with Crippen LogP contribution in [0.25, 0.3) is 0 Å². The molecule has 0 amide bonds. The molecule has 13 heavy (non-hydrogen) atoms. The third-order valence-electron chi connectivity index (χ3n) is 2.47. The van der Waals surface area contributed by atoms with Gasteiger partial charge in [-0.15, -0.1) is 11.3 Å². The minimum absolute atomic E-state index is 0.393. The van der Waals surface area contributed by atoms with Crippen LogP contribution in [0, 0.1) is 6.92 Å². The molecule has 0 aliphatic carbocycles. The molecule has 1 aromatic heterocycles. The zero-order valence-corrected chi connectivity index (χ0v) is 8.15. The van der Waals surface area contributed by atoms with Gasteiger partial charge >= 0.3 is 5.97 Å². The number of thiophene rings is 1. The Hall–Kier alpha value is -0.870. The van der Waals surface area contributed by atoms with Gasteiger partial charge in [0.25, 0.3) is 0 Å². The van der Waals surface area contributed by atoms with E-state index in [4.69, 9.17) is 5.11 Å². The molecule has 0 unspecified atom stereocenters. The molecule has 0 aromatic carbocycles. The Labute approximate surface area is 80.4 Å². The van der Waals surface area contributed by atoms with Crippen molar-refractivity contribution in [3.8, 4) is 0 Å². The second kappa shape index (κ2) is 3.12. The Bertz CT molecular complexity index is 341. The summed E-state index contributed by atoms with van der Waals surface area (Å²) in [5.41, 5.74) is 2.09. The molecule has 1 atom stereocenters. The Kier molecular flexibility index (Phi) is 2.09. The molecule has 3 nitrogen and oxygen atoms in total. The molecule has 1 aromatic rings. The molecule has 0 spiro atoms. The Morgan fingerprint density at radius 1 is 1.77 bits per heavy atom. The first-order valence-electron chi connectivity index (χ1n) is 4.25. The predicted molar refractivity (Wildman–Crippen MR) is 51.4 cm³/mol. The molecule has 4 heteroatoms. The summed E-state index contributed by atoms with van der Waals surface area (Å²) in [6.07, 6.45) is 1.12. The van der Waals surface area contributed by atoms with Gasteiger partial charge in [0.05, 0.1) is 0 Å². The standard InChI is InChI=1S/C9H11NO2S/c1-5-6(7-2-3-10-7)4-13-8(5)9(11)12/h4,7,10H,2-3H2,1H3,(H,11,12)/t7-/m1/s1. The fraction of sp³-hybridized carbons (Fsp3) is 0.444.